The van der Waals surface area contributed by atoms with E-state index in [0.717, 1.165) is 23.8 Å². The lowest BCUT2D eigenvalue weighted by molar-refractivity contribution is 0.162. The van der Waals surface area contributed by atoms with Crippen molar-refractivity contribution in [1.29, 1.82) is 0 Å². The van der Waals surface area contributed by atoms with Crippen LogP contribution in [0.3, 0.4) is 0 Å². The SMILES string of the molecule is CCCCC(CC)CNC1CC(C(C)C)C1. The van der Waals surface area contributed by atoms with E-state index in [4.69, 9.17) is 0 Å². The summed E-state index contributed by atoms with van der Waals surface area (Å²) in [6.45, 7) is 10.6. The van der Waals surface area contributed by atoms with E-state index in [1.54, 1.807) is 0 Å². The van der Waals surface area contributed by atoms with Gasteiger partial charge in [0.05, 0.1) is 0 Å². The summed E-state index contributed by atoms with van der Waals surface area (Å²) in [4.78, 5) is 0. The van der Waals surface area contributed by atoms with E-state index in [2.05, 4.69) is 33.0 Å². The highest BCUT2D eigenvalue weighted by Crippen LogP contribution is 2.33. The molecule has 1 atom stereocenters. The van der Waals surface area contributed by atoms with Gasteiger partial charge in [0.15, 0.2) is 0 Å². The van der Waals surface area contributed by atoms with Gasteiger partial charge in [-0.15, -0.1) is 0 Å². The Labute approximate surface area is 102 Å². The Hall–Kier alpha value is -0.0400. The molecule has 16 heavy (non-hydrogen) atoms. The minimum Gasteiger partial charge on any atom is -0.314 e. The highest BCUT2D eigenvalue weighted by Gasteiger charge is 2.30. The molecule has 1 nitrogen and oxygen atoms in total. The number of hydrogen-bond donors (Lipinski definition) is 1. The van der Waals surface area contributed by atoms with Crippen LogP contribution < -0.4 is 5.32 Å². The van der Waals surface area contributed by atoms with Gasteiger partial charge >= 0.3 is 0 Å². The second-order valence-electron chi connectivity index (χ2n) is 6.00. The van der Waals surface area contributed by atoms with Gasteiger partial charge in [0.1, 0.15) is 0 Å². The van der Waals surface area contributed by atoms with E-state index in [-0.39, 0.29) is 0 Å². The molecule has 0 saturated heterocycles. The Bertz CT molecular complexity index is 170. The number of unbranched alkanes of at least 4 members (excludes halogenated alkanes) is 1. The predicted molar refractivity (Wildman–Crippen MR) is 72.7 cm³/mol. The van der Waals surface area contributed by atoms with Crippen LogP contribution in [0.15, 0.2) is 0 Å². The van der Waals surface area contributed by atoms with Crippen LogP contribution in [-0.2, 0) is 0 Å². The van der Waals surface area contributed by atoms with Crippen molar-refractivity contribution in [3.63, 3.8) is 0 Å². The van der Waals surface area contributed by atoms with E-state index >= 15 is 0 Å². The van der Waals surface area contributed by atoms with Crippen LogP contribution in [0.2, 0.25) is 0 Å². The molecule has 0 bridgehead atoms. The van der Waals surface area contributed by atoms with Gasteiger partial charge < -0.3 is 5.32 Å². The van der Waals surface area contributed by atoms with Crippen LogP contribution in [0.25, 0.3) is 0 Å². The fourth-order valence-electron chi connectivity index (χ4n) is 2.65. The molecule has 0 aromatic heterocycles. The summed E-state index contributed by atoms with van der Waals surface area (Å²) >= 11 is 0. The Morgan fingerprint density at radius 1 is 1.19 bits per heavy atom. The Morgan fingerprint density at radius 2 is 1.88 bits per heavy atom. The number of rotatable bonds is 8. The molecule has 1 N–H and O–H groups in total. The van der Waals surface area contributed by atoms with Gasteiger partial charge in [-0.3, -0.25) is 0 Å². The third kappa shape index (κ3) is 4.45. The summed E-state index contributed by atoms with van der Waals surface area (Å²) in [5, 5.41) is 3.76. The van der Waals surface area contributed by atoms with Crippen LogP contribution in [0.5, 0.6) is 0 Å². The molecule has 0 amide bonds. The molecule has 0 radical (unpaired) electrons. The van der Waals surface area contributed by atoms with Crippen molar-refractivity contribution in [2.24, 2.45) is 17.8 Å². The van der Waals surface area contributed by atoms with Crippen LogP contribution in [0.1, 0.15) is 66.2 Å². The molecule has 1 aliphatic carbocycles. The lowest BCUT2D eigenvalue weighted by Gasteiger charge is -2.39. The average Bonchev–Trinajstić information content (AvgIpc) is 2.19. The van der Waals surface area contributed by atoms with Gasteiger partial charge in [0.25, 0.3) is 0 Å². The molecule has 0 spiro atoms. The third-order valence-electron chi connectivity index (χ3n) is 4.36. The minimum atomic E-state index is 0.836. The maximum atomic E-state index is 3.76. The van der Waals surface area contributed by atoms with E-state index in [1.807, 2.05) is 0 Å². The van der Waals surface area contributed by atoms with Crippen molar-refractivity contribution in [1.82, 2.24) is 5.32 Å². The van der Waals surface area contributed by atoms with Crippen molar-refractivity contribution >= 4 is 0 Å². The van der Waals surface area contributed by atoms with E-state index in [9.17, 15) is 0 Å². The van der Waals surface area contributed by atoms with Crippen molar-refractivity contribution in [3.8, 4) is 0 Å². The second-order valence-corrected chi connectivity index (χ2v) is 6.00. The van der Waals surface area contributed by atoms with E-state index < -0.39 is 0 Å². The molecule has 96 valence electrons. The van der Waals surface area contributed by atoms with Gasteiger partial charge in [-0.05, 0) is 43.6 Å². The fraction of sp³-hybridized carbons (Fsp3) is 1.00. The van der Waals surface area contributed by atoms with Gasteiger partial charge in [-0.25, -0.2) is 0 Å². The molecule has 1 heteroatoms. The zero-order valence-corrected chi connectivity index (χ0v) is 11.8. The normalized spacial score (nSPS) is 26.8. The molecule has 1 rings (SSSR count). The number of hydrogen-bond acceptors (Lipinski definition) is 1. The first-order chi connectivity index (χ1) is 7.67. The molecular weight excluding hydrogens is 194 g/mol. The zero-order chi connectivity index (χ0) is 12.0. The maximum absolute atomic E-state index is 3.76. The highest BCUT2D eigenvalue weighted by molar-refractivity contribution is 4.86. The van der Waals surface area contributed by atoms with Crippen molar-refractivity contribution in [2.45, 2.75) is 72.3 Å². The smallest absolute Gasteiger partial charge is 0.00726 e. The molecule has 1 aliphatic rings. The summed E-state index contributed by atoms with van der Waals surface area (Å²) in [6, 6.07) is 0.836. The summed E-state index contributed by atoms with van der Waals surface area (Å²) in [7, 11) is 0. The summed E-state index contributed by atoms with van der Waals surface area (Å²) in [5.41, 5.74) is 0. The molecule has 0 aromatic carbocycles. The average molecular weight is 225 g/mol. The van der Waals surface area contributed by atoms with Crippen molar-refractivity contribution < 1.29 is 0 Å². The monoisotopic (exact) mass is 225 g/mol. The number of nitrogens with one attached hydrogen (secondary N) is 1. The van der Waals surface area contributed by atoms with E-state index in [0.29, 0.717) is 0 Å². The third-order valence-corrected chi connectivity index (χ3v) is 4.36. The molecule has 0 aromatic rings. The molecular formula is C15H31N. The lowest BCUT2D eigenvalue weighted by atomic mass is 9.73. The van der Waals surface area contributed by atoms with Crippen molar-refractivity contribution in [2.75, 3.05) is 6.54 Å². The Morgan fingerprint density at radius 3 is 2.38 bits per heavy atom. The molecule has 1 saturated carbocycles. The summed E-state index contributed by atoms with van der Waals surface area (Å²) in [6.07, 6.45) is 8.34. The first-order valence-corrected chi connectivity index (χ1v) is 7.40. The van der Waals surface area contributed by atoms with Crippen LogP contribution in [0, 0.1) is 17.8 Å². The predicted octanol–water partition coefficient (Wildman–Crippen LogP) is 4.23. The second kappa shape index (κ2) is 7.32. The lowest BCUT2D eigenvalue weighted by Crippen LogP contribution is -2.44. The summed E-state index contributed by atoms with van der Waals surface area (Å²) < 4.78 is 0. The molecule has 1 fully saturated rings. The van der Waals surface area contributed by atoms with Gasteiger partial charge in [0.2, 0.25) is 0 Å². The van der Waals surface area contributed by atoms with Gasteiger partial charge in [-0.2, -0.15) is 0 Å². The highest BCUT2D eigenvalue weighted by atomic mass is 14.9. The maximum Gasteiger partial charge on any atom is 0.00726 e. The quantitative estimate of drug-likeness (QED) is 0.652. The fourth-order valence-corrected chi connectivity index (χ4v) is 2.65. The Balaban J connectivity index is 2.06. The van der Waals surface area contributed by atoms with Gasteiger partial charge in [-0.1, -0.05) is 47.0 Å². The van der Waals surface area contributed by atoms with Crippen LogP contribution in [0.4, 0.5) is 0 Å². The Kier molecular flexibility index (Phi) is 6.41. The first kappa shape index (κ1) is 14.0. The van der Waals surface area contributed by atoms with Crippen LogP contribution in [-0.4, -0.2) is 12.6 Å². The zero-order valence-electron chi connectivity index (χ0n) is 11.8. The van der Waals surface area contributed by atoms with Gasteiger partial charge in [0, 0.05) is 6.04 Å². The standard InChI is InChI=1S/C15H31N/c1-5-7-8-13(6-2)11-16-15-9-14(10-15)12(3)4/h12-16H,5-11H2,1-4H3. The largest absolute Gasteiger partial charge is 0.314 e. The topological polar surface area (TPSA) is 12.0 Å². The first-order valence-electron chi connectivity index (χ1n) is 7.40. The molecule has 1 unspecified atom stereocenters. The van der Waals surface area contributed by atoms with Crippen LogP contribution >= 0.6 is 0 Å². The summed E-state index contributed by atoms with van der Waals surface area (Å²) in [5.74, 6) is 2.80. The minimum absolute atomic E-state index is 0.836. The van der Waals surface area contributed by atoms with E-state index in [1.165, 1.54) is 45.1 Å². The molecule has 0 aliphatic heterocycles. The van der Waals surface area contributed by atoms with Crippen molar-refractivity contribution in [3.05, 3.63) is 0 Å². The molecule has 0 heterocycles.